The summed E-state index contributed by atoms with van der Waals surface area (Å²) in [6.45, 7) is 1.92. The van der Waals surface area contributed by atoms with E-state index in [1.165, 1.54) is 36.5 Å². The molecular weight excluding hydrogens is 314 g/mol. The van der Waals surface area contributed by atoms with Crippen LogP contribution in [0, 0.1) is 0 Å². The van der Waals surface area contributed by atoms with Gasteiger partial charge in [0.1, 0.15) is 5.82 Å². The Balaban J connectivity index is 1.54. The van der Waals surface area contributed by atoms with Gasteiger partial charge in [0.25, 0.3) is 0 Å². The summed E-state index contributed by atoms with van der Waals surface area (Å²) in [6, 6.07) is 7.63. The number of carbonyl (C=O) groups is 1. The molecule has 0 spiro atoms. The summed E-state index contributed by atoms with van der Waals surface area (Å²) in [5.41, 5.74) is 4.25. The lowest BCUT2D eigenvalue weighted by molar-refractivity contribution is 0.0697. The SMILES string of the molecule is Cn1c(C2CCCN2Cc2ccc(C(=O)O)cc2)nc2c1CCCC2. The number of nitrogens with zero attached hydrogens (tertiary/aromatic N) is 3. The third-order valence-corrected chi connectivity index (χ3v) is 5.66. The van der Waals surface area contributed by atoms with Crippen molar-refractivity contribution in [2.45, 2.75) is 51.1 Å². The van der Waals surface area contributed by atoms with Crippen molar-refractivity contribution < 1.29 is 9.90 Å². The van der Waals surface area contributed by atoms with Crippen LogP contribution >= 0.6 is 0 Å². The first-order valence-electron chi connectivity index (χ1n) is 9.24. The van der Waals surface area contributed by atoms with Crippen LogP contribution in [0.25, 0.3) is 0 Å². The zero-order chi connectivity index (χ0) is 17.4. The molecule has 132 valence electrons. The topological polar surface area (TPSA) is 58.4 Å². The Bertz CT molecular complexity index is 779. The van der Waals surface area contributed by atoms with Crippen molar-refractivity contribution in [1.29, 1.82) is 0 Å². The molecule has 2 aliphatic rings. The van der Waals surface area contributed by atoms with E-state index in [2.05, 4.69) is 16.5 Å². The number of carboxylic acids is 1. The van der Waals surface area contributed by atoms with E-state index in [1.54, 1.807) is 12.1 Å². The predicted octanol–water partition coefficient (Wildman–Crippen LogP) is 3.33. The normalized spacial score (nSPS) is 20.6. The first-order valence-corrected chi connectivity index (χ1v) is 9.24. The Morgan fingerprint density at radius 3 is 2.68 bits per heavy atom. The molecule has 5 heteroatoms. The molecule has 0 radical (unpaired) electrons. The molecule has 1 aliphatic carbocycles. The molecule has 1 aromatic heterocycles. The van der Waals surface area contributed by atoms with E-state index in [4.69, 9.17) is 10.1 Å². The second kappa shape index (κ2) is 6.64. The minimum atomic E-state index is -0.871. The molecule has 1 unspecified atom stereocenters. The number of imidazole rings is 1. The number of carboxylic acid groups (broad SMARTS) is 1. The van der Waals surface area contributed by atoms with Crippen molar-refractivity contribution in [3.05, 3.63) is 52.6 Å². The molecule has 1 saturated heterocycles. The van der Waals surface area contributed by atoms with Crippen LogP contribution in [0.1, 0.15) is 64.9 Å². The third kappa shape index (κ3) is 3.09. The predicted molar refractivity (Wildman–Crippen MR) is 95.6 cm³/mol. The van der Waals surface area contributed by atoms with E-state index in [0.29, 0.717) is 11.6 Å². The fourth-order valence-corrected chi connectivity index (χ4v) is 4.30. The van der Waals surface area contributed by atoms with Crippen molar-refractivity contribution in [3.8, 4) is 0 Å². The lowest BCUT2D eigenvalue weighted by Gasteiger charge is -2.24. The Morgan fingerprint density at radius 1 is 1.20 bits per heavy atom. The maximum atomic E-state index is 11.0. The lowest BCUT2D eigenvalue weighted by atomic mass is 10.0. The molecule has 1 fully saturated rings. The van der Waals surface area contributed by atoms with Gasteiger partial charge in [-0.3, -0.25) is 4.90 Å². The highest BCUT2D eigenvalue weighted by Crippen LogP contribution is 2.34. The zero-order valence-electron chi connectivity index (χ0n) is 14.7. The van der Waals surface area contributed by atoms with Gasteiger partial charge in [0.2, 0.25) is 0 Å². The average Bonchev–Trinajstić information content (AvgIpc) is 3.20. The monoisotopic (exact) mass is 339 g/mol. The Morgan fingerprint density at radius 2 is 1.96 bits per heavy atom. The zero-order valence-corrected chi connectivity index (χ0v) is 14.7. The number of aromatic nitrogens is 2. The molecule has 5 nitrogen and oxygen atoms in total. The molecule has 4 rings (SSSR count). The molecule has 1 N–H and O–H groups in total. The van der Waals surface area contributed by atoms with Gasteiger partial charge in [-0.25, -0.2) is 9.78 Å². The van der Waals surface area contributed by atoms with Gasteiger partial charge in [-0.05, 0) is 62.8 Å². The summed E-state index contributed by atoms with van der Waals surface area (Å²) in [6.07, 6.45) is 7.14. The van der Waals surface area contributed by atoms with Crippen LogP contribution in [-0.4, -0.2) is 32.1 Å². The molecule has 1 aliphatic heterocycles. The Kier molecular flexibility index (Phi) is 4.34. The lowest BCUT2D eigenvalue weighted by Crippen LogP contribution is -2.25. The number of aryl methyl sites for hydroxylation is 1. The second-order valence-electron chi connectivity index (χ2n) is 7.26. The van der Waals surface area contributed by atoms with Crippen molar-refractivity contribution in [3.63, 3.8) is 0 Å². The fraction of sp³-hybridized carbons (Fsp3) is 0.500. The van der Waals surface area contributed by atoms with E-state index in [-0.39, 0.29) is 0 Å². The summed E-state index contributed by atoms with van der Waals surface area (Å²) in [5, 5.41) is 9.04. The van der Waals surface area contributed by atoms with Crippen LogP contribution in [0.15, 0.2) is 24.3 Å². The van der Waals surface area contributed by atoms with Crippen LogP contribution in [0.4, 0.5) is 0 Å². The van der Waals surface area contributed by atoms with E-state index in [0.717, 1.165) is 37.9 Å². The smallest absolute Gasteiger partial charge is 0.335 e. The molecule has 2 heterocycles. The van der Waals surface area contributed by atoms with Gasteiger partial charge in [0, 0.05) is 19.3 Å². The van der Waals surface area contributed by atoms with Crippen LogP contribution < -0.4 is 0 Å². The van der Waals surface area contributed by atoms with Crippen LogP contribution in [-0.2, 0) is 26.4 Å². The molecule has 1 aromatic carbocycles. The number of fused-ring (bicyclic) bond motifs is 1. The molecular formula is C20H25N3O2. The van der Waals surface area contributed by atoms with Gasteiger partial charge in [-0.15, -0.1) is 0 Å². The van der Waals surface area contributed by atoms with Gasteiger partial charge >= 0.3 is 5.97 Å². The highest BCUT2D eigenvalue weighted by atomic mass is 16.4. The third-order valence-electron chi connectivity index (χ3n) is 5.66. The Labute approximate surface area is 148 Å². The summed E-state index contributed by atoms with van der Waals surface area (Å²) in [4.78, 5) is 18.5. The highest BCUT2D eigenvalue weighted by Gasteiger charge is 2.31. The standard InChI is InChI=1S/C20H25N3O2/c1-22-17-6-3-2-5-16(17)21-19(22)18-7-4-12-23(18)13-14-8-10-15(11-9-14)20(24)25/h8-11,18H,2-7,12-13H2,1H3,(H,24,25). The summed E-state index contributed by atoms with van der Waals surface area (Å²) in [7, 11) is 2.17. The number of likely N-dealkylation sites (tertiary alicyclic amines) is 1. The minimum absolute atomic E-state index is 0.346. The quantitative estimate of drug-likeness (QED) is 0.928. The Hall–Kier alpha value is -2.14. The number of rotatable bonds is 4. The highest BCUT2D eigenvalue weighted by molar-refractivity contribution is 5.87. The molecule has 0 saturated carbocycles. The summed E-state index contributed by atoms with van der Waals surface area (Å²) >= 11 is 0. The van der Waals surface area contributed by atoms with Crippen molar-refractivity contribution >= 4 is 5.97 Å². The fourth-order valence-electron chi connectivity index (χ4n) is 4.30. The maximum absolute atomic E-state index is 11.0. The number of hydrogen-bond acceptors (Lipinski definition) is 3. The van der Waals surface area contributed by atoms with Crippen molar-refractivity contribution in [2.24, 2.45) is 7.05 Å². The van der Waals surface area contributed by atoms with E-state index in [9.17, 15) is 4.79 Å². The number of hydrogen-bond donors (Lipinski definition) is 1. The van der Waals surface area contributed by atoms with Gasteiger partial charge in [-0.1, -0.05) is 12.1 Å². The van der Waals surface area contributed by atoms with E-state index in [1.807, 2.05) is 12.1 Å². The van der Waals surface area contributed by atoms with Gasteiger partial charge in [-0.2, -0.15) is 0 Å². The number of aromatic carboxylic acids is 1. The molecule has 0 amide bonds. The van der Waals surface area contributed by atoms with Gasteiger partial charge < -0.3 is 9.67 Å². The second-order valence-corrected chi connectivity index (χ2v) is 7.26. The van der Waals surface area contributed by atoms with E-state index < -0.39 is 5.97 Å². The number of benzene rings is 1. The largest absolute Gasteiger partial charge is 0.478 e. The van der Waals surface area contributed by atoms with E-state index >= 15 is 0 Å². The molecule has 2 aromatic rings. The van der Waals surface area contributed by atoms with Gasteiger partial charge in [0.05, 0.1) is 17.3 Å². The van der Waals surface area contributed by atoms with Gasteiger partial charge in [0.15, 0.2) is 0 Å². The summed E-state index contributed by atoms with van der Waals surface area (Å²) < 4.78 is 2.34. The molecule has 0 bridgehead atoms. The summed E-state index contributed by atoms with van der Waals surface area (Å²) in [5.74, 6) is 0.343. The first-order chi connectivity index (χ1) is 12.1. The van der Waals surface area contributed by atoms with Crippen LogP contribution in [0.5, 0.6) is 0 Å². The minimum Gasteiger partial charge on any atom is -0.478 e. The van der Waals surface area contributed by atoms with Crippen molar-refractivity contribution in [1.82, 2.24) is 14.5 Å². The average molecular weight is 339 g/mol. The first kappa shape index (κ1) is 16.3. The maximum Gasteiger partial charge on any atom is 0.335 e. The van der Waals surface area contributed by atoms with Crippen LogP contribution in [0.2, 0.25) is 0 Å². The molecule has 1 atom stereocenters. The van der Waals surface area contributed by atoms with Crippen LogP contribution in [0.3, 0.4) is 0 Å². The van der Waals surface area contributed by atoms with Crippen molar-refractivity contribution in [2.75, 3.05) is 6.54 Å². The molecule has 25 heavy (non-hydrogen) atoms.